The smallest absolute Gasteiger partial charge is 0.264 e. The van der Waals surface area contributed by atoms with Crippen molar-refractivity contribution in [1.82, 2.24) is 10.2 Å². The lowest BCUT2D eigenvalue weighted by atomic mass is 10.0. The van der Waals surface area contributed by atoms with Gasteiger partial charge in [-0.25, -0.2) is 8.42 Å². The number of sulfonamides is 1. The van der Waals surface area contributed by atoms with Crippen LogP contribution in [0.4, 0.5) is 5.69 Å². The summed E-state index contributed by atoms with van der Waals surface area (Å²) in [6, 6.07) is 29.3. The van der Waals surface area contributed by atoms with Gasteiger partial charge in [0.2, 0.25) is 11.8 Å². The third-order valence-corrected chi connectivity index (χ3v) is 10.5. The first-order valence-electron chi connectivity index (χ1n) is 16.2. The Morgan fingerprint density at radius 1 is 0.812 bits per heavy atom. The standard InChI is InChI=1S/C38H43N3O6S/c1-28-18-20-30(21-19-28)26-40(34(24-29-12-6-4-7-13-29)38(43)39-31-14-10-11-15-31)37(42)27-41(32-16-8-5-9-17-32)48(44,45)33-22-23-35(46-2)36(25-33)47-3/h4-9,12-13,16-23,25,31,34H,10-11,14-15,24,26-27H2,1-3H3,(H,39,43)/t34-/m0/s1. The zero-order valence-corrected chi connectivity index (χ0v) is 28.5. The molecule has 5 rings (SSSR count). The van der Waals surface area contributed by atoms with E-state index in [1.165, 1.54) is 37.3 Å². The molecule has 1 saturated carbocycles. The lowest BCUT2D eigenvalue weighted by Gasteiger charge is -2.34. The second-order valence-electron chi connectivity index (χ2n) is 12.1. The van der Waals surface area contributed by atoms with Crippen molar-refractivity contribution in [3.63, 3.8) is 0 Å². The number of anilines is 1. The molecule has 1 aliphatic rings. The van der Waals surface area contributed by atoms with Gasteiger partial charge in [0.25, 0.3) is 10.0 Å². The highest BCUT2D eigenvalue weighted by Gasteiger charge is 2.35. The molecule has 0 radical (unpaired) electrons. The molecule has 252 valence electrons. The van der Waals surface area contributed by atoms with Crippen molar-refractivity contribution in [2.45, 2.75) is 62.6 Å². The number of aryl methyl sites for hydroxylation is 1. The molecular formula is C38H43N3O6S. The van der Waals surface area contributed by atoms with Gasteiger partial charge < -0.3 is 19.7 Å². The molecule has 2 amide bonds. The highest BCUT2D eigenvalue weighted by Crippen LogP contribution is 2.32. The number of nitrogens with one attached hydrogen (secondary N) is 1. The van der Waals surface area contributed by atoms with E-state index in [-0.39, 0.29) is 35.6 Å². The lowest BCUT2D eigenvalue weighted by Crippen LogP contribution is -2.54. The topological polar surface area (TPSA) is 105 Å². The number of hydrogen-bond acceptors (Lipinski definition) is 6. The zero-order chi connectivity index (χ0) is 34.1. The summed E-state index contributed by atoms with van der Waals surface area (Å²) in [5.74, 6) is -0.142. The molecule has 48 heavy (non-hydrogen) atoms. The minimum absolute atomic E-state index is 0.0401. The van der Waals surface area contributed by atoms with Gasteiger partial charge in [0.15, 0.2) is 11.5 Å². The molecule has 4 aromatic carbocycles. The number of methoxy groups -OCH3 is 2. The summed E-state index contributed by atoms with van der Waals surface area (Å²) in [7, 11) is -1.39. The average Bonchev–Trinajstić information content (AvgIpc) is 3.62. The molecule has 0 bridgehead atoms. The normalized spacial score (nSPS) is 13.8. The fraction of sp³-hybridized carbons (Fsp3) is 0.316. The first-order chi connectivity index (χ1) is 23.2. The second kappa shape index (κ2) is 15.8. The van der Waals surface area contributed by atoms with E-state index in [0.29, 0.717) is 11.4 Å². The number of carbonyl (C=O) groups is 2. The molecular weight excluding hydrogens is 627 g/mol. The zero-order valence-electron chi connectivity index (χ0n) is 27.7. The van der Waals surface area contributed by atoms with Crippen molar-refractivity contribution >= 4 is 27.5 Å². The van der Waals surface area contributed by atoms with Crippen LogP contribution in [0.25, 0.3) is 0 Å². The van der Waals surface area contributed by atoms with Gasteiger partial charge >= 0.3 is 0 Å². The van der Waals surface area contributed by atoms with E-state index in [4.69, 9.17) is 9.47 Å². The van der Waals surface area contributed by atoms with Gasteiger partial charge in [0, 0.05) is 25.1 Å². The number of carbonyl (C=O) groups excluding carboxylic acids is 2. The van der Waals surface area contributed by atoms with Crippen molar-refractivity contribution < 1.29 is 27.5 Å². The molecule has 1 atom stereocenters. The maximum absolute atomic E-state index is 14.7. The van der Waals surface area contributed by atoms with E-state index in [2.05, 4.69) is 5.32 Å². The maximum Gasteiger partial charge on any atom is 0.264 e. The summed E-state index contributed by atoms with van der Waals surface area (Å²) < 4.78 is 40.5. The fourth-order valence-corrected chi connectivity index (χ4v) is 7.47. The van der Waals surface area contributed by atoms with Crippen LogP contribution in [0.3, 0.4) is 0 Å². The molecule has 1 N–H and O–H groups in total. The monoisotopic (exact) mass is 669 g/mol. The van der Waals surface area contributed by atoms with Crippen molar-refractivity contribution in [3.05, 3.63) is 120 Å². The Hall–Kier alpha value is -4.83. The first kappa shape index (κ1) is 34.5. The minimum atomic E-state index is -4.29. The van der Waals surface area contributed by atoms with E-state index in [9.17, 15) is 18.0 Å². The number of hydrogen-bond donors (Lipinski definition) is 1. The molecule has 1 fully saturated rings. The van der Waals surface area contributed by atoms with Crippen molar-refractivity contribution in [1.29, 1.82) is 0 Å². The SMILES string of the molecule is COc1ccc(S(=O)(=O)N(CC(=O)N(Cc2ccc(C)cc2)[C@@H](Cc2ccccc2)C(=O)NC2CCCC2)c2ccccc2)cc1OC. The molecule has 0 spiro atoms. The largest absolute Gasteiger partial charge is 0.493 e. The molecule has 0 aliphatic heterocycles. The summed E-state index contributed by atoms with van der Waals surface area (Å²) in [5, 5.41) is 3.20. The van der Waals surface area contributed by atoms with E-state index < -0.39 is 28.5 Å². The Labute approximate surface area is 283 Å². The molecule has 0 unspecified atom stereocenters. The fourth-order valence-electron chi connectivity index (χ4n) is 6.04. The Morgan fingerprint density at radius 3 is 2.06 bits per heavy atom. The average molecular weight is 670 g/mol. The Kier molecular flexibility index (Phi) is 11.4. The van der Waals surface area contributed by atoms with E-state index >= 15 is 0 Å². The molecule has 0 aromatic heterocycles. The number of rotatable bonds is 14. The van der Waals surface area contributed by atoms with Gasteiger partial charge in [-0.1, -0.05) is 91.2 Å². The van der Waals surface area contributed by atoms with Crippen molar-refractivity contribution in [2.75, 3.05) is 25.1 Å². The van der Waals surface area contributed by atoms with Crippen LogP contribution in [0.1, 0.15) is 42.4 Å². The molecule has 4 aromatic rings. The van der Waals surface area contributed by atoms with E-state index in [1.54, 1.807) is 30.3 Å². The highest BCUT2D eigenvalue weighted by atomic mass is 32.2. The number of para-hydroxylation sites is 1. The van der Waals surface area contributed by atoms with Gasteiger partial charge in [-0.2, -0.15) is 0 Å². The van der Waals surface area contributed by atoms with Crippen molar-refractivity contribution in [2.24, 2.45) is 0 Å². The Bertz CT molecular complexity index is 1780. The van der Waals surface area contributed by atoms with E-state index in [1.807, 2.05) is 61.5 Å². The molecule has 10 heteroatoms. The summed E-state index contributed by atoms with van der Waals surface area (Å²) in [5.41, 5.74) is 3.09. The van der Waals surface area contributed by atoms with Crippen LogP contribution in [-0.4, -0.2) is 58.0 Å². The lowest BCUT2D eigenvalue weighted by molar-refractivity contribution is -0.140. The summed E-state index contributed by atoms with van der Waals surface area (Å²) in [4.78, 5) is 30.3. The van der Waals surface area contributed by atoms with Crippen LogP contribution < -0.4 is 19.1 Å². The molecule has 1 aliphatic carbocycles. The second-order valence-corrected chi connectivity index (χ2v) is 13.9. The number of benzene rings is 4. The van der Waals surface area contributed by atoms with Gasteiger partial charge in [-0.3, -0.25) is 13.9 Å². The minimum Gasteiger partial charge on any atom is -0.493 e. The summed E-state index contributed by atoms with van der Waals surface area (Å²) in [6.07, 6.45) is 4.13. The van der Waals surface area contributed by atoms with Crippen LogP contribution in [0.2, 0.25) is 0 Å². The van der Waals surface area contributed by atoms with E-state index in [0.717, 1.165) is 46.7 Å². The number of amides is 2. The maximum atomic E-state index is 14.7. The Morgan fingerprint density at radius 2 is 1.44 bits per heavy atom. The van der Waals surface area contributed by atoms with Crippen LogP contribution in [0, 0.1) is 6.92 Å². The van der Waals surface area contributed by atoms with Gasteiger partial charge in [0.1, 0.15) is 12.6 Å². The van der Waals surface area contributed by atoms with Crippen LogP contribution in [0.15, 0.2) is 108 Å². The molecule has 9 nitrogen and oxygen atoms in total. The predicted molar refractivity (Wildman–Crippen MR) is 187 cm³/mol. The quantitative estimate of drug-likeness (QED) is 0.179. The predicted octanol–water partition coefficient (Wildman–Crippen LogP) is 5.91. The van der Waals surface area contributed by atoms with Gasteiger partial charge in [-0.15, -0.1) is 0 Å². The highest BCUT2D eigenvalue weighted by molar-refractivity contribution is 7.92. The van der Waals surface area contributed by atoms with Crippen molar-refractivity contribution in [3.8, 4) is 11.5 Å². The number of nitrogens with zero attached hydrogens (tertiary/aromatic N) is 2. The number of ether oxygens (including phenoxy) is 2. The third kappa shape index (κ3) is 8.36. The first-order valence-corrected chi connectivity index (χ1v) is 17.6. The third-order valence-electron chi connectivity index (χ3n) is 8.71. The molecule has 0 saturated heterocycles. The van der Waals surface area contributed by atoms with Crippen LogP contribution >= 0.6 is 0 Å². The summed E-state index contributed by atoms with van der Waals surface area (Å²) >= 11 is 0. The Balaban J connectivity index is 1.56. The van der Waals surface area contributed by atoms with Crippen LogP contribution in [-0.2, 0) is 32.6 Å². The van der Waals surface area contributed by atoms with Crippen LogP contribution in [0.5, 0.6) is 11.5 Å². The summed E-state index contributed by atoms with van der Waals surface area (Å²) in [6.45, 7) is 1.57. The van der Waals surface area contributed by atoms with Gasteiger partial charge in [-0.05, 0) is 55.2 Å². The molecule has 0 heterocycles. The van der Waals surface area contributed by atoms with Gasteiger partial charge in [0.05, 0.1) is 24.8 Å².